The Hall–Kier alpha value is -1.13. The zero-order chi connectivity index (χ0) is 11.8. The van der Waals surface area contributed by atoms with E-state index in [4.69, 9.17) is 29.6 Å². The van der Waals surface area contributed by atoms with Crippen LogP contribution in [0.5, 0.6) is 0 Å². The fraction of sp³-hybridized carbons (Fsp3) is 0.273. The van der Waals surface area contributed by atoms with Crippen molar-refractivity contribution < 1.29 is 4.79 Å². The van der Waals surface area contributed by atoms with Crippen molar-refractivity contribution in [2.75, 3.05) is 5.32 Å². The quantitative estimate of drug-likeness (QED) is 0.814. The number of hydrogen-bond donors (Lipinski definition) is 2. The molecule has 0 bridgehead atoms. The molecular weight excluding hydrogens is 244 g/mol. The molecule has 1 amide bonds. The number of amides is 1. The predicted octanol–water partition coefficient (Wildman–Crippen LogP) is 2.34. The zero-order valence-electron chi connectivity index (χ0n) is 8.50. The third kappa shape index (κ3) is 2.03. The highest BCUT2D eigenvalue weighted by Crippen LogP contribution is 2.46. The standard InChI is InChI=1S/C11H11ClN2OS/c12-7-1-3-8(4-2-7)14-10(15)11(5-6-11)9(13)16/h1-4H,5-6H2,(H2,13,16)(H,14,15). The maximum atomic E-state index is 11.9. The maximum absolute atomic E-state index is 11.9. The first-order valence-electron chi connectivity index (χ1n) is 4.91. The number of anilines is 1. The molecule has 16 heavy (non-hydrogen) atoms. The summed E-state index contributed by atoms with van der Waals surface area (Å²) in [5, 5.41) is 3.42. The van der Waals surface area contributed by atoms with Crippen molar-refractivity contribution in [1.82, 2.24) is 0 Å². The first kappa shape index (κ1) is 11.4. The maximum Gasteiger partial charge on any atom is 0.237 e. The minimum absolute atomic E-state index is 0.123. The molecule has 0 aliphatic heterocycles. The molecular formula is C11H11ClN2OS. The van der Waals surface area contributed by atoms with Gasteiger partial charge in [-0.2, -0.15) is 0 Å². The summed E-state index contributed by atoms with van der Waals surface area (Å²) in [6, 6.07) is 6.93. The fourth-order valence-corrected chi connectivity index (χ4v) is 1.92. The Morgan fingerprint density at radius 1 is 1.38 bits per heavy atom. The van der Waals surface area contributed by atoms with E-state index in [0.29, 0.717) is 10.7 Å². The Balaban J connectivity index is 2.08. The van der Waals surface area contributed by atoms with E-state index in [9.17, 15) is 4.79 Å². The van der Waals surface area contributed by atoms with Gasteiger partial charge in [-0.25, -0.2) is 0 Å². The van der Waals surface area contributed by atoms with E-state index in [1.54, 1.807) is 24.3 Å². The van der Waals surface area contributed by atoms with Crippen LogP contribution >= 0.6 is 23.8 Å². The topological polar surface area (TPSA) is 55.1 Å². The normalized spacial score (nSPS) is 16.6. The highest BCUT2D eigenvalue weighted by molar-refractivity contribution is 7.80. The lowest BCUT2D eigenvalue weighted by Crippen LogP contribution is -2.34. The minimum Gasteiger partial charge on any atom is -0.392 e. The van der Waals surface area contributed by atoms with Crippen molar-refractivity contribution >= 4 is 40.4 Å². The Kier molecular flexibility index (Phi) is 2.86. The summed E-state index contributed by atoms with van der Waals surface area (Å²) >= 11 is 10.7. The second-order valence-electron chi connectivity index (χ2n) is 3.91. The summed E-state index contributed by atoms with van der Waals surface area (Å²) in [6.07, 6.45) is 1.48. The molecule has 84 valence electrons. The molecule has 0 saturated heterocycles. The van der Waals surface area contributed by atoms with Crippen molar-refractivity contribution in [3.8, 4) is 0 Å². The van der Waals surface area contributed by atoms with Crippen LogP contribution in [0, 0.1) is 5.41 Å². The van der Waals surface area contributed by atoms with Crippen molar-refractivity contribution in [2.24, 2.45) is 11.1 Å². The van der Waals surface area contributed by atoms with Crippen molar-refractivity contribution in [2.45, 2.75) is 12.8 Å². The number of carbonyl (C=O) groups is 1. The van der Waals surface area contributed by atoms with E-state index in [0.717, 1.165) is 12.8 Å². The number of nitrogens with two attached hydrogens (primary N) is 1. The number of thiocarbonyl (C=S) groups is 1. The molecule has 0 atom stereocenters. The fourth-order valence-electron chi connectivity index (χ4n) is 1.49. The molecule has 0 radical (unpaired) electrons. The van der Waals surface area contributed by atoms with Crippen LogP contribution in [0.25, 0.3) is 0 Å². The number of benzene rings is 1. The van der Waals surface area contributed by atoms with Crippen LogP contribution < -0.4 is 11.1 Å². The Labute approximate surface area is 104 Å². The van der Waals surface area contributed by atoms with Gasteiger partial charge in [0.15, 0.2) is 0 Å². The van der Waals surface area contributed by atoms with Gasteiger partial charge in [0.1, 0.15) is 0 Å². The van der Waals surface area contributed by atoms with E-state index in [-0.39, 0.29) is 10.9 Å². The lowest BCUT2D eigenvalue weighted by molar-refractivity contribution is -0.118. The smallest absolute Gasteiger partial charge is 0.237 e. The van der Waals surface area contributed by atoms with Crippen molar-refractivity contribution in [3.63, 3.8) is 0 Å². The van der Waals surface area contributed by atoms with Crippen LogP contribution in [0.3, 0.4) is 0 Å². The summed E-state index contributed by atoms with van der Waals surface area (Å²) < 4.78 is 0. The first-order valence-corrected chi connectivity index (χ1v) is 5.70. The summed E-state index contributed by atoms with van der Waals surface area (Å²) in [5.74, 6) is -0.123. The van der Waals surface area contributed by atoms with E-state index in [1.807, 2.05) is 0 Å². The molecule has 0 aromatic heterocycles. The SMILES string of the molecule is NC(=S)C1(C(=O)Nc2ccc(Cl)cc2)CC1. The van der Waals surface area contributed by atoms with Gasteiger partial charge >= 0.3 is 0 Å². The van der Waals surface area contributed by atoms with Gasteiger partial charge < -0.3 is 11.1 Å². The van der Waals surface area contributed by atoms with Gasteiger partial charge in [0.2, 0.25) is 5.91 Å². The molecule has 1 fully saturated rings. The molecule has 0 heterocycles. The average Bonchev–Trinajstić information content (AvgIpc) is 3.02. The highest BCUT2D eigenvalue weighted by atomic mass is 35.5. The molecule has 2 rings (SSSR count). The van der Waals surface area contributed by atoms with Gasteiger partial charge in [0.25, 0.3) is 0 Å². The van der Waals surface area contributed by atoms with Gasteiger partial charge in [-0.05, 0) is 37.1 Å². The molecule has 1 aromatic carbocycles. The van der Waals surface area contributed by atoms with E-state index in [1.165, 1.54) is 0 Å². The minimum atomic E-state index is -0.616. The lowest BCUT2D eigenvalue weighted by Gasteiger charge is -2.13. The molecule has 1 aromatic rings. The average molecular weight is 255 g/mol. The van der Waals surface area contributed by atoms with Gasteiger partial charge in [0, 0.05) is 10.7 Å². The Morgan fingerprint density at radius 3 is 2.38 bits per heavy atom. The first-order chi connectivity index (χ1) is 7.54. The molecule has 3 N–H and O–H groups in total. The highest BCUT2D eigenvalue weighted by Gasteiger charge is 2.52. The van der Waals surface area contributed by atoms with E-state index in [2.05, 4.69) is 5.32 Å². The van der Waals surface area contributed by atoms with Crippen LogP contribution in [-0.2, 0) is 4.79 Å². The van der Waals surface area contributed by atoms with Gasteiger partial charge in [0.05, 0.1) is 10.4 Å². The van der Waals surface area contributed by atoms with Crippen molar-refractivity contribution in [3.05, 3.63) is 29.3 Å². The summed E-state index contributed by atoms with van der Waals surface area (Å²) in [6.45, 7) is 0. The van der Waals surface area contributed by atoms with Gasteiger partial charge in [-0.15, -0.1) is 0 Å². The molecule has 5 heteroatoms. The number of nitrogens with one attached hydrogen (secondary N) is 1. The van der Waals surface area contributed by atoms with E-state index < -0.39 is 5.41 Å². The van der Waals surface area contributed by atoms with Crippen LogP contribution in [0.1, 0.15) is 12.8 Å². The predicted molar refractivity (Wildman–Crippen MR) is 68.5 cm³/mol. The molecule has 1 aliphatic rings. The van der Waals surface area contributed by atoms with Gasteiger partial charge in [-0.1, -0.05) is 23.8 Å². The van der Waals surface area contributed by atoms with Crippen LogP contribution in [0.4, 0.5) is 5.69 Å². The summed E-state index contributed by atoms with van der Waals surface area (Å²) in [5.41, 5.74) is 5.65. The van der Waals surface area contributed by atoms with E-state index >= 15 is 0 Å². The van der Waals surface area contributed by atoms with Crippen LogP contribution in [-0.4, -0.2) is 10.9 Å². The zero-order valence-corrected chi connectivity index (χ0v) is 10.1. The molecule has 1 aliphatic carbocycles. The molecule has 1 saturated carbocycles. The second-order valence-corrected chi connectivity index (χ2v) is 4.78. The Morgan fingerprint density at radius 2 is 1.94 bits per heavy atom. The van der Waals surface area contributed by atoms with Crippen LogP contribution in [0.2, 0.25) is 5.02 Å². The number of rotatable bonds is 3. The summed E-state index contributed by atoms with van der Waals surface area (Å²) in [4.78, 5) is 12.2. The van der Waals surface area contributed by atoms with Crippen LogP contribution in [0.15, 0.2) is 24.3 Å². The number of hydrogen-bond acceptors (Lipinski definition) is 2. The largest absolute Gasteiger partial charge is 0.392 e. The molecule has 0 spiro atoms. The third-order valence-electron chi connectivity index (χ3n) is 2.76. The molecule has 0 unspecified atom stereocenters. The number of carbonyl (C=O) groups excluding carboxylic acids is 1. The monoisotopic (exact) mass is 254 g/mol. The lowest BCUT2D eigenvalue weighted by atomic mass is 10.1. The summed E-state index contributed by atoms with van der Waals surface area (Å²) in [7, 11) is 0. The second kappa shape index (κ2) is 4.03. The third-order valence-corrected chi connectivity index (χ3v) is 3.40. The van der Waals surface area contributed by atoms with Gasteiger partial charge in [-0.3, -0.25) is 4.79 Å². The van der Waals surface area contributed by atoms with Crippen molar-refractivity contribution in [1.29, 1.82) is 0 Å². The molecule has 3 nitrogen and oxygen atoms in total. The number of halogens is 1. The Bertz CT molecular complexity index is 440.